The lowest BCUT2D eigenvalue weighted by Gasteiger charge is -2.14. The zero-order chi connectivity index (χ0) is 13.4. The molecule has 102 valence electrons. The number of hydrogen-bond donors (Lipinski definition) is 4. The lowest BCUT2D eigenvalue weighted by Crippen LogP contribution is -2.46. The number of aliphatic hydroxyl groups is 1. The molecule has 1 unspecified atom stereocenters. The number of aliphatic carboxylic acids is 1. The monoisotopic (exact) mass is 256 g/mol. The molecule has 0 bridgehead atoms. The molecule has 6 nitrogen and oxygen atoms in total. The van der Waals surface area contributed by atoms with E-state index in [9.17, 15) is 9.59 Å². The summed E-state index contributed by atoms with van der Waals surface area (Å²) >= 11 is 0. The van der Waals surface area contributed by atoms with Crippen LogP contribution < -0.4 is 10.6 Å². The molecule has 1 atom stereocenters. The van der Waals surface area contributed by atoms with Crippen LogP contribution in [0.2, 0.25) is 0 Å². The fourth-order valence-corrected chi connectivity index (χ4v) is 1.90. The van der Waals surface area contributed by atoms with Gasteiger partial charge < -0.3 is 20.8 Å². The van der Waals surface area contributed by atoms with Crippen molar-refractivity contribution >= 4 is 12.0 Å². The van der Waals surface area contributed by atoms with Crippen LogP contribution in [0.15, 0.2) is 11.6 Å². The van der Waals surface area contributed by atoms with Gasteiger partial charge in [-0.1, -0.05) is 11.6 Å². The van der Waals surface area contributed by atoms with Gasteiger partial charge in [0.05, 0.1) is 0 Å². The quantitative estimate of drug-likeness (QED) is 0.502. The molecule has 0 aromatic rings. The van der Waals surface area contributed by atoms with Crippen LogP contribution in [-0.2, 0) is 4.79 Å². The minimum Gasteiger partial charge on any atom is -0.480 e. The van der Waals surface area contributed by atoms with E-state index in [1.807, 2.05) is 0 Å². The summed E-state index contributed by atoms with van der Waals surface area (Å²) in [7, 11) is 0. The van der Waals surface area contributed by atoms with Crippen LogP contribution >= 0.6 is 0 Å². The van der Waals surface area contributed by atoms with Crippen molar-refractivity contribution in [2.75, 3.05) is 13.2 Å². The minimum absolute atomic E-state index is 0.00784. The van der Waals surface area contributed by atoms with Crippen LogP contribution in [-0.4, -0.2) is 41.4 Å². The van der Waals surface area contributed by atoms with Crippen LogP contribution in [0.3, 0.4) is 0 Å². The molecule has 0 aromatic carbocycles. The molecule has 4 N–H and O–H groups in total. The number of carbonyl (C=O) groups is 2. The molecule has 1 aliphatic rings. The summed E-state index contributed by atoms with van der Waals surface area (Å²) < 4.78 is 0. The topological polar surface area (TPSA) is 98.7 Å². The van der Waals surface area contributed by atoms with E-state index >= 15 is 0 Å². The molecule has 6 heteroatoms. The SMILES string of the molecule is O=C(NCCC1=CCCC1)NC(CCO)C(=O)O. The van der Waals surface area contributed by atoms with Gasteiger partial charge >= 0.3 is 12.0 Å². The van der Waals surface area contributed by atoms with E-state index < -0.39 is 18.0 Å². The van der Waals surface area contributed by atoms with Crippen LogP contribution in [0.25, 0.3) is 0 Å². The Hall–Kier alpha value is -1.56. The molecular weight excluding hydrogens is 236 g/mol. The van der Waals surface area contributed by atoms with Crippen molar-refractivity contribution < 1.29 is 19.8 Å². The Balaban J connectivity index is 2.20. The highest BCUT2D eigenvalue weighted by atomic mass is 16.4. The number of nitrogens with one attached hydrogen (secondary N) is 2. The molecule has 0 aromatic heterocycles. The molecule has 18 heavy (non-hydrogen) atoms. The molecule has 0 saturated carbocycles. The van der Waals surface area contributed by atoms with Gasteiger partial charge in [-0.25, -0.2) is 9.59 Å². The van der Waals surface area contributed by atoms with Gasteiger partial charge in [-0.2, -0.15) is 0 Å². The second-order valence-electron chi connectivity index (χ2n) is 4.31. The number of allylic oxidation sites excluding steroid dienone is 1. The van der Waals surface area contributed by atoms with Crippen molar-refractivity contribution in [1.29, 1.82) is 0 Å². The van der Waals surface area contributed by atoms with Gasteiger partial charge in [0.2, 0.25) is 0 Å². The van der Waals surface area contributed by atoms with E-state index in [1.54, 1.807) is 0 Å². The third kappa shape index (κ3) is 5.18. The number of rotatable bonds is 7. The third-order valence-electron chi connectivity index (χ3n) is 2.89. The maximum absolute atomic E-state index is 11.4. The third-order valence-corrected chi connectivity index (χ3v) is 2.89. The Bertz CT molecular complexity index is 328. The maximum Gasteiger partial charge on any atom is 0.326 e. The van der Waals surface area contributed by atoms with Gasteiger partial charge in [0.1, 0.15) is 6.04 Å². The van der Waals surface area contributed by atoms with Gasteiger partial charge in [0, 0.05) is 19.6 Å². The Morgan fingerprint density at radius 3 is 2.78 bits per heavy atom. The zero-order valence-electron chi connectivity index (χ0n) is 10.3. The first kappa shape index (κ1) is 14.5. The predicted molar refractivity (Wildman–Crippen MR) is 66.2 cm³/mol. The number of aliphatic hydroxyl groups excluding tert-OH is 1. The number of hydrogen-bond acceptors (Lipinski definition) is 3. The largest absolute Gasteiger partial charge is 0.480 e. The Morgan fingerprint density at radius 1 is 1.44 bits per heavy atom. The molecule has 0 spiro atoms. The standard InChI is InChI=1S/C12H20N2O4/c15-8-6-10(11(16)17)14-12(18)13-7-5-9-3-1-2-4-9/h3,10,15H,1-2,4-8H2,(H,16,17)(H2,13,14,18). The summed E-state index contributed by atoms with van der Waals surface area (Å²) in [5.74, 6) is -1.14. The van der Waals surface area contributed by atoms with Crippen molar-refractivity contribution in [3.63, 3.8) is 0 Å². The smallest absolute Gasteiger partial charge is 0.326 e. The Morgan fingerprint density at radius 2 is 2.22 bits per heavy atom. The lowest BCUT2D eigenvalue weighted by atomic mass is 10.2. The molecule has 0 aliphatic heterocycles. The molecule has 1 rings (SSSR count). The number of carboxylic acids is 1. The molecular formula is C12H20N2O4. The average molecular weight is 256 g/mol. The highest BCUT2D eigenvalue weighted by molar-refractivity contribution is 5.82. The van der Waals surface area contributed by atoms with Gasteiger partial charge in [-0.15, -0.1) is 0 Å². The lowest BCUT2D eigenvalue weighted by molar-refractivity contribution is -0.139. The van der Waals surface area contributed by atoms with Crippen LogP contribution in [0, 0.1) is 0 Å². The van der Waals surface area contributed by atoms with Crippen molar-refractivity contribution in [2.24, 2.45) is 0 Å². The first-order valence-corrected chi connectivity index (χ1v) is 6.19. The summed E-state index contributed by atoms with van der Waals surface area (Å²) in [5.41, 5.74) is 1.35. The number of amides is 2. The molecule has 0 radical (unpaired) electrons. The van der Waals surface area contributed by atoms with Gasteiger partial charge in [-0.3, -0.25) is 0 Å². The van der Waals surface area contributed by atoms with E-state index in [0.717, 1.165) is 19.3 Å². The molecule has 0 heterocycles. The maximum atomic E-state index is 11.4. The average Bonchev–Trinajstić information content (AvgIpc) is 2.81. The van der Waals surface area contributed by atoms with E-state index in [4.69, 9.17) is 10.2 Å². The van der Waals surface area contributed by atoms with Crippen LogP contribution in [0.1, 0.15) is 32.1 Å². The summed E-state index contributed by atoms with van der Waals surface area (Å²) in [6.07, 6.45) is 6.38. The first-order chi connectivity index (χ1) is 8.63. The van der Waals surface area contributed by atoms with E-state index in [2.05, 4.69) is 16.7 Å². The predicted octanol–water partition coefficient (Wildman–Crippen LogP) is 0.622. The summed E-state index contributed by atoms with van der Waals surface area (Å²) in [5, 5.41) is 22.4. The van der Waals surface area contributed by atoms with Gasteiger partial charge in [0.15, 0.2) is 0 Å². The second-order valence-corrected chi connectivity index (χ2v) is 4.31. The van der Waals surface area contributed by atoms with Gasteiger partial charge in [-0.05, 0) is 25.7 Å². The number of urea groups is 1. The Labute approximate surface area is 106 Å². The summed E-state index contributed by atoms with van der Waals surface area (Å²) in [4.78, 5) is 22.2. The van der Waals surface area contributed by atoms with Crippen molar-refractivity contribution in [3.8, 4) is 0 Å². The number of carbonyl (C=O) groups excluding carboxylic acids is 1. The minimum atomic E-state index is -1.14. The molecule has 0 fully saturated rings. The van der Waals surface area contributed by atoms with Crippen LogP contribution in [0.4, 0.5) is 4.79 Å². The fraction of sp³-hybridized carbons (Fsp3) is 0.667. The van der Waals surface area contributed by atoms with Crippen molar-refractivity contribution in [1.82, 2.24) is 10.6 Å². The molecule has 2 amide bonds. The highest BCUT2D eigenvalue weighted by Gasteiger charge is 2.18. The number of carboxylic acid groups (broad SMARTS) is 1. The van der Waals surface area contributed by atoms with Crippen LogP contribution in [0.5, 0.6) is 0 Å². The first-order valence-electron chi connectivity index (χ1n) is 6.19. The fourth-order valence-electron chi connectivity index (χ4n) is 1.90. The summed E-state index contributed by atoms with van der Waals surface area (Å²) in [6, 6.07) is -1.55. The van der Waals surface area contributed by atoms with E-state index in [0.29, 0.717) is 6.54 Å². The van der Waals surface area contributed by atoms with E-state index in [-0.39, 0.29) is 13.0 Å². The normalized spacial score (nSPS) is 15.9. The van der Waals surface area contributed by atoms with Crippen molar-refractivity contribution in [3.05, 3.63) is 11.6 Å². The second kappa shape index (κ2) is 7.71. The summed E-state index contributed by atoms with van der Waals surface area (Å²) in [6.45, 7) is 0.229. The van der Waals surface area contributed by atoms with Crippen molar-refractivity contribution in [2.45, 2.75) is 38.1 Å². The highest BCUT2D eigenvalue weighted by Crippen LogP contribution is 2.19. The molecule has 1 aliphatic carbocycles. The Kier molecular flexibility index (Phi) is 6.21. The zero-order valence-corrected chi connectivity index (χ0v) is 10.3. The van der Waals surface area contributed by atoms with Gasteiger partial charge in [0.25, 0.3) is 0 Å². The molecule has 0 saturated heterocycles. The van der Waals surface area contributed by atoms with E-state index in [1.165, 1.54) is 12.0 Å².